The second-order valence-corrected chi connectivity index (χ2v) is 4.05. The molecule has 0 aromatic rings. The monoisotopic (exact) mass is 214 g/mol. The molecule has 1 rings (SSSR count). The lowest BCUT2D eigenvalue weighted by Gasteiger charge is -2.29. The number of hydrogen-bond donors (Lipinski definition) is 3. The van der Waals surface area contributed by atoms with Crippen molar-refractivity contribution in [2.75, 3.05) is 6.54 Å². The van der Waals surface area contributed by atoms with Gasteiger partial charge >= 0.3 is 5.97 Å². The van der Waals surface area contributed by atoms with E-state index >= 15 is 0 Å². The molecule has 0 bridgehead atoms. The van der Waals surface area contributed by atoms with E-state index in [1.54, 1.807) is 0 Å². The third-order valence-corrected chi connectivity index (χ3v) is 2.93. The zero-order valence-corrected chi connectivity index (χ0v) is 8.79. The number of hydrogen-bond acceptors (Lipinski definition) is 3. The van der Waals surface area contributed by atoms with Crippen LogP contribution < -0.4 is 11.1 Å². The van der Waals surface area contributed by atoms with Crippen molar-refractivity contribution in [3.05, 3.63) is 0 Å². The lowest BCUT2D eigenvalue weighted by Crippen LogP contribution is -2.55. The van der Waals surface area contributed by atoms with E-state index in [2.05, 4.69) is 5.32 Å². The van der Waals surface area contributed by atoms with E-state index in [0.29, 0.717) is 12.8 Å². The number of nitrogens with one attached hydrogen (secondary N) is 1. The molecular formula is C10H18N2O3. The highest BCUT2D eigenvalue weighted by Gasteiger charge is 2.39. The van der Waals surface area contributed by atoms with E-state index in [1.807, 2.05) is 0 Å². The fourth-order valence-corrected chi connectivity index (χ4v) is 2.04. The number of nitrogens with two attached hydrogens (primary N) is 1. The maximum Gasteiger partial charge on any atom is 0.329 e. The molecule has 1 amide bonds. The molecule has 0 spiro atoms. The Balaban J connectivity index is 2.75. The van der Waals surface area contributed by atoms with Crippen LogP contribution in [0.3, 0.4) is 0 Å². The molecule has 1 saturated carbocycles. The minimum atomic E-state index is -1.08. The van der Waals surface area contributed by atoms with Gasteiger partial charge in [0, 0.05) is 0 Å². The highest BCUT2D eigenvalue weighted by atomic mass is 16.4. The van der Waals surface area contributed by atoms with Gasteiger partial charge in [-0.3, -0.25) is 4.79 Å². The number of aliphatic carboxylic acids is 1. The highest BCUT2D eigenvalue weighted by molar-refractivity contribution is 5.87. The first kappa shape index (κ1) is 12.0. The number of amides is 1. The molecule has 1 aliphatic carbocycles. The SMILES string of the molecule is NCC(=O)NC1(C(=O)O)CCCCCC1. The summed E-state index contributed by atoms with van der Waals surface area (Å²) in [7, 11) is 0. The summed E-state index contributed by atoms with van der Waals surface area (Å²) < 4.78 is 0. The molecule has 1 fully saturated rings. The molecule has 86 valence electrons. The number of carboxylic acids is 1. The largest absolute Gasteiger partial charge is 0.480 e. The average Bonchev–Trinajstić information content (AvgIpc) is 2.44. The molecule has 15 heavy (non-hydrogen) atoms. The van der Waals surface area contributed by atoms with Gasteiger partial charge in [-0.15, -0.1) is 0 Å². The first-order valence-corrected chi connectivity index (χ1v) is 5.35. The fraction of sp³-hybridized carbons (Fsp3) is 0.800. The van der Waals surface area contributed by atoms with Crippen molar-refractivity contribution >= 4 is 11.9 Å². The van der Waals surface area contributed by atoms with E-state index in [0.717, 1.165) is 25.7 Å². The molecule has 5 heteroatoms. The summed E-state index contributed by atoms with van der Waals surface area (Å²) in [5, 5.41) is 11.8. The fourth-order valence-electron chi connectivity index (χ4n) is 2.04. The van der Waals surface area contributed by atoms with Crippen molar-refractivity contribution in [1.29, 1.82) is 0 Å². The summed E-state index contributed by atoms with van der Waals surface area (Å²) >= 11 is 0. The van der Waals surface area contributed by atoms with Crippen LogP contribution in [0, 0.1) is 0 Å². The molecule has 1 aliphatic rings. The standard InChI is InChI=1S/C10H18N2O3/c11-7-8(13)12-10(9(14)15)5-3-1-2-4-6-10/h1-7,11H2,(H,12,13)(H,14,15). The minimum absolute atomic E-state index is 0.158. The topological polar surface area (TPSA) is 92.4 Å². The van der Waals surface area contributed by atoms with Gasteiger partial charge in [0.05, 0.1) is 6.54 Å². The van der Waals surface area contributed by atoms with Crippen molar-refractivity contribution in [3.8, 4) is 0 Å². The van der Waals surface area contributed by atoms with Gasteiger partial charge in [-0.05, 0) is 12.8 Å². The van der Waals surface area contributed by atoms with Crippen LogP contribution in [0.4, 0.5) is 0 Å². The Morgan fingerprint density at radius 3 is 2.13 bits per heavy atom. The number of rotatable bonds is 3. The predicted octanol–water partition coefficient (Wildman–Crippen LogP) is 0.239. The Morgan fingerprint density at radius 2 is 1.73 bits per heavy atom. The van der Waals surface area contributed by atoms with E-state index in [-0.39, 0.29) is 12.5 Å². The highest BCUT2D eigenvalue weighted by Crippen LogP contribution is 2.27. The van der Waals surface area contributed by atoms with Gasteiger partial charge in [-0.2, -0.15) is 0 Å². The zero-order chi connectivity index (χ0) is 11.3. The van der Waals surface area contributed by atoms with Gasteiger partial charge in [0.15, 0.2) is 0 Å². The summed E-state index contributed by atoms with van der Waals surface area (Å²) in [5.41, 5.74) is 4.11. The van der Waals surface area contributed by atoms with Crippen molar-refractivity contribution in [1.82, 2.24) is 5.32 Å². The summed E-state index contributed by atoms with van der Waals surface area (Å²) in [6.07, 6.45) is 4.78. The normalized spacial score (nSPS) is 20.3. The third-order valence-electron chi connectivity index (χ3n) is 2.93. The first-order valence-electron chi connectivity index (χ1n) is 5.35. The van der Waals surface area contributed by atoms with Crippen molar-refractivity contribution in [3.63, 3.8) is 0 Å². The van der Waals surface area contributed by atoms with Crippen LogP contribution in [0.15, 0.2) is 0 Å². The molecule has 0 atom stereocenters. The summed E-state index contributed by atoms with van der Waals surface area (Å²) in [6, 6.07) is 0. The van der Waals surface area contributed by atoms with Crippen LogP contribution in [0.25, 0.3) is 0 Å². The molecule has 0 aromatic carbocycles. The van der Waals surface area contributed by atoms with E-state index in [9.17, 15) is 14.7 Å². The lowest BCUT2D eigenvalue weighted by atomic mass is 9.90. The summed E-state index contributed by atoms with van der Waals surface area (Å²) in [6.45, 7) is -0.158. The first-order chi connectivity index (χ1) is 7.10. The number of carbonyl (C=O) groups excluding carboxylic acids is 1. The quantitative estimate of drug-likeness (QED) is 0.587. The molecule has 0 saturated heterocycles. The Kier molecular flexibility index (Phi) is 4.08. The summed E-state index contributed by atoms with van der Waals surface area (Å²) in [4.78, 5) is 22.4. The predicted molar refractivity (Wildman–Crippen MR) is 55.3 cm³/mol. The number of carbonyl (C=O) groups is 2. The molecular weight excluding hydrogens is 196 g/mol. The smallest absolute Gasteiger partial charge is 0.329 e. The average molecular weight is 214 g/mol. The maximum atomic E-state index is 11.2. The van der Waals surface area contributed by atoms with Gasteiger partial charge < -0.3 is 16.2 Å². The van der Waals surface area contributed by atoms with Crippen LogP contribution in [0.1, 0.15) is 38.5 Å². The van der Waals surface area contributed by atoms with Crippen LogP contribution in [-0.2, 0) is 9.59 Å². The Labute approximate surface area is 89.0 Å². The maximum absolute atomic E-state index is 11.2. The lowest BCUT2D eigenvalue weighted by molar-refractivity contribution is -0.148. The number of carboxylic acid groups (broad SMARTS) is 1. The van der Waals surface area contributed by atoms with Crippen LogP contribution >= 0.6 is 0 Å². The van der Waals surface area contributed by atoms with E-state index < -0.39 is 11.5 Å². The van der Waals surface area contributed by atoms with Gasteiger partial charge in [0.25, 0.3) is 0 Å². The molecule has 0 radical (unpaired) electrons. The van der Waals surface area contributed by atoms with Crippen LogP contribution in [0.5, 0.6) is 0 Å². The van der Waals surface area contributed by atoms with E-state index in [1.165, 1.54) is 0 Å². The van der Waals surface area contributed by atoms with Crippen molar-refractivity contribution in [2.24, 2.45) is 5.73 Å². The van der Waals surface area contributed by atoms with Crippen LogP contribution in [0.2, 0.25) is 0 Å². The molecule has 4 N–H and O–H groups in total. The molecule has 0 aromatic heterocycles. The minimum Gasteiger partial charge on any atom is -0.480 e. The van der Waals surface area contributed by atoms with Crippen LogP contribution in [-0.4, -0.2) is 29.1 Å². The third kappa shape index (κ3) is 2.92. The van der Waals surface area contributed by atoms with Crippen molar-refractivity contribution in [2.45, 2.75) is 44.1 Å². The molecule has 5 nitrogen and oxygen atoms in total. The van der Waals surface area contributed by atoms with Gasteiger partial charge in [0.1, 0.15) is 5.54 Å². The second-order valence-electron chi connectivity index (χ2n) is 4.05. The molecule has 0 heterocycles. The van der Waals surface area contributed by atoms with Gasteiger partial charge in [0.2, 0.25) is 5.91 Å². The summed E-state index contributed by atoms with van der Waals surface area (Å²) in [5.74, 6) is -1.33. The zero-order valence-electron chi connectivity index (χ0n) is 8.79. The second kappa shape index (κ2) is 5.11. The Bertz CT molecular complexity index is 245. The molecule has 0 aliphatic heterocycles. The van der Waals surface area contributed by atoms with Gasteiger partial charge in [-0.1, -0.05) is 25.7 Å². The Hall–Kier alpha value is -1.10. The molecule has 0 unspecified atom stereocenters. The van der Waals surface area contributed by atoms with E-state index in [4.69, 9.17) is 5.73 Å². The van der Waals surface area contributed by atoms with Crippen molar-refractivity contribution < 1.29 is 14.7 Å². The van der Waals surface area contributed by atoms with Gasteiger partial charge in [-0.25, -0.2) is 4.79 Å². The Morgan fingerprint density at radius 1 is 1.20 bits per heavy atom.